The summed E-state index contributed by atoms with van der Waals surface area (Å²) in [7, 11) is 0. The van der Waals surface area contributed by atoms with Crippen LogP contribution in [0.2, 0.25) is 0 Å². The molecule has 2 atom stereocenters. The fourth-order valence-electron chi connectivity index (χ4n) is 7.06. The number of hydrogen-bond acceptors (Lipinski definition) is 2. The van der Waals surface area contributed by atoms with Crippen LogP contribution < -0.4 is 5.32 Å². The van der Waals surface area contributed by atoms with E-state index in [4.69, 9.17) is 0 Å². The van der Waals surface area contributed by atoms with Crippen LogP contribution >= 0.6 is 0 Å². The average Bonchev–Trinajstić information content (AvgIpc) is 2.49. The largest absolute Gasteiger partial charge is 0.347 e. The molecule has 1 aliphatic heterocycles. The van der Waals surface area contributed by atoms with Crippen molar-refractivity contribution in [1.82, 2.24) is 10.2 Å². The lowest BCUT2D eigenvalue weighted by Gasteiger charge is -2.56. The average molecular weight is 347 g/mol. The Balaban J connectivity index is 1.27. The Morgan fingerprint density at radius 1 is 0.920 bits per heavy atom. The Morgan fingerprint density at radius 2 is 1.44 bits per heavy atom. The van der Waals surface area contributed by atoms with Gasteiger partial charge in [-0.3, -0.25) is 9.59 Å². The number of rotatable bonds is 4. The van der Waals surface area contributed by atoms with Gasteiger partial charge in [-0.05, 0) is 80.0 Å². The van der Waals surface area contributed by atoms with Crippen LogP contribution in [0.4, 0.5) is 0 Å². The molecule has 0 aromatic rings. The maximum absolute atomic E-state index is 12.6. The van der Waals surface area contributed by atoms with Gasteiger partial charge in [0, 0.05) is 19.5 Å². The number of hydrogen-bond donors (Lipinski definition) is 1. The van der Waals surface area contributed by atoms with Crippen LogP contribution in [0.25, 0.3) is 0 Å². The van der Waals surface area contributed by atoms with E-state index in [1.165, 1.54) is 44.9 Å². The first-order chi connectivity index (χ1) is 11.9. The van der Waals surface area contributed by atoms with Crippen molar-refractivity contribution in [2.24, 2.45) is 35.0 Å². The predicted octanol–water partition coefficient (Wildman–Crippen LogP) is 3.21. The second-order valence-electron chi connectivity index (χ2n) is 10.1. The van der Waals surface area contributed by atoms with E-state index < -0.39 is 0 Å². The predicted molar refractivity (Wildman–Crippen MR) is 97.8 cm³/mol. The molecule has 0 unspecified atom stereocenters. The minimum absolute atomic E-state index is 0.0947. The smallest absolute Gasteiger partial charge is 0.241 e. The van der Waals surface area contributed by atoms with Crippen LogP contribution in [0.15, 0.2) is 0 Å². The lowest BCUT2D eigenvalue weighted by Crippen LogP contribution is -2.49. The van der Waals surface area contributed by atoms with Crippen molar-refractivity contribution in [1.29, 1.82) is 0 Å². The van der Waals surface area contributed by atoms with E-state index in [1.807, 2.05) is 4.90 Å². The van der Waals surface area contributed by atoms with Gasteiger partial charge in [0.05, 0.1) is 6.54 Å². The molecule has 4 bridgehead atoms. The van der Waals surface area contributed by atoms with E-state index in [9.17, 15) is 9.59 Å². The van der Waals surface area contributed by atoms with Gasteiger partial charge in [-0.2, -0.15) is 0 Å². The first kappa shape index (κ1) is 17.4. The first-order valence-electron chi connectivity index (χ1n) is 10.5. The minimum atomic E-state index is 0.0947. The fourth-order valence-corrected chi connectivity index (χ4v) is 7.06. The summed E-state index contributed by atoms with van der Waals surface area (Å²) >= 11 is 0. The second kappa shape index (κ2) is 6.59. The van der Waals surface area contributed by atoms with Gasteiger partial charge in [-0.1, -0.05) is 13.8 Å². The summed E-state index contributed by atoms with van der Waals surface area (Å²) in [6.45, 7) is 6.29. The second-order valence-corrected chi connectivity index (χ2v) is 10.1. The van der Waals surface area contributed by atoms with E-state index >= 15 is 0 Å². The molecule has 1 N–H and O–H groups in total. The molecule has 5 rings (SSSR count). The van der Waals surface area contributed by atoms with Crippen molar-refractivity contribution < 1.29 is 9.59 Å². The fraction of sp³-hybridized carbons (Fsp3) is 0.905. The highest BCUT2D eigenvalue weighted by Gasteiger charge is 2.51. The molecule has 4 saturated carbocycles. The zero-order chi connectivity index (χ0) is 17.6. The third kappa shape index (κ3) is 3.73. The lowest BCUT2D eigenvalue weighted by atomic mass is 9.49. The first-order valence-corrected chi connectivity index (χ1v) is 10.5. The molecule has 0 radical (unpaired) electrons. The molecule has 25 heavy (non-hydrogen) atoms. The molecular formula is C21H34N2O2. The highest BCUT2D eigenvalue weighted by atomic mass is 16.2. The Kier molecular flexibility index (Phi) is 4.57. The summed E-state index contributed by atoms with van der Waals surface area (Å²) in [6.07, 6.45) is 9.82. The van der Waals surface area contributed by atoms with Gasteiger partial charge in [0.1, 0.15) is 0 Å². The standard InChI is InChI=1S/C21H34N2O2/c1-14-3-15(2)13-23(12-14)20(25)11-22-19(24)10-21-7-16-4-17(8-21)6-18(5-16)9-21/h14-18H,3-13H2,1-2H3,(H,22,24)/t14-,15-,16?,17?,18?,21?/m0/s1. The number of likely N-dealkylation sites (tertiary alicyclic amines) is 1. The Labute approximate surface area is 152 Å². The number of carbonyl (C=O) groups excluding carboxylic acids is 2. The zero-order valence-electron chi connectivity index (χ0n) is 15.9. The Hall–Kier alpha value is -1.06. The molecule has 2 amide bonds. The van der Waals surface area contributed by atoms with Gasteiger partial charge in [0.15, 0.2) is 0 Å². The molecular weight excluding hydrogens is 312 g/mol. The minimum Gasteiger partial charge on any atom is -0.347 e. The van der Waals surface area contributed by atoms with Crippen LogP contribution in [-0.2, 0) is 9.59 Å². The van der Waals surface area contributed by atoms with Crippen molar-refractivity contribution >= 4 is 11.8 Å². The quantitative estimate of drug-likeness (QED) is 0.850. The SMILES string of the molecule is C[C@H]1C[C@H](C)CN(C(=O)CNC(=O)CC23CC4CC(CC(C4)C2)C3)C1. The van der Waals surface area contributed by atoms with Crippen molar-refractivity contribution in [3.05, 3.63) is 0 Å². The third-order valence-electron chi connectivity index (χ3n) is 7.36. The van der Waals surface area contributed by atoms with Crippen LogP contribution in [0.1, 0.15) is 65.2 Å². The number of carbonyl (C=O) groups is 2. The molecule has 1 saturated heterocycles. The van der Waals surface area contributed by atoms with Crippen molar-refractivity contribution in [2.75, 3.05) is 19.6 Å². The number of amides is 2. The molecule has 4 heteroatoms. The van der Waals surface area contributed by atoms with Crippen molar-refractivity contribution in [3.8, 4) is 0 Å². The third-order valence-corrected chi connectivity index (χ3v) is 7.36. The van der Waals surface area contributed by atoms with Crippen LogP contribution in [-0.4, -0.2) is 36.3 Å². The number of piperidine rings is 1. The monoisotopic (exact) mass is 346 g/mol. The van der Waals surface area contributed by atoms with Crippen molar-refractivity contribution in [3.63, 3.8) is 0 Å². The maximum Gasteiger partial charge on any atom is 0.241 e. The normalized spacial score (nSPS) is 42.5. The van der Waals surface area contributed by atoms with Crippen LogP contribution in [0.5, 0.6) is 0 Å². The summed E-state index contributed by atoms with van der Waals surface area (Å²) < 4.78 is 0. The number of nitrogens with zero attached hydrogens (tertiary/aromatic N) is 1. The van der Waals surface area contributed by atoms with E-state index in [0.717, 1.165) is 30.8 Å². The van der Waals surface area contributed by atoms with E-state index in [1.54, 1.807) is 0 Å². The highest BCUT2D eigenvalue weighted by Crippen LogP contribution is 2.61. The Morgan fingerprint density at radius 3 is 1.96 bits per heavy atom. The van der Waals surface area contributed by atoms with Gasteiger partial charge < -0.3 is 10.2 Å². The van der Waals surface area contributed by atoms with Crippen LogP contribution in [0, 0.1) is 35.0 Å². The topological polar surface area (TPSA) is 49.4 Å². The molecule has 4 nitrogen and oxygen atoms in total. The molecule has 140 valence electrons. The zero-order valence-corrected chi connectivity index (χ0v) is 15.9. The summed E-state index contributed by atoms with van der Waals surface area (Å²) in [5, 5.41) is 2.95. The summed E-state index contributed by atoms with van der Waals surface area (Å²) in [5.41, 5.74) is 0.260. The molecule has 0 spiro atoms. The maximum atomic E-state index is 12.6. The van der Waals surface area contributed by atoms with E-state index in [-0.39, 0.29) is 23.8 Å². The van der Waals surface area contributed by atoms with Gasteiger partial charge in [-0.15, -0.1) is 0 Å². The molecule has 1 heterocycles. The molecule has 0 aromatic heterocycles. The van der Waals surface area contributed by atoms with Gasteiger partial charge in [-0.25, -0.2) is 0 Å². The molecule has 4 aliphatic carbocycles. The van der Waals surface area contributed by atoms with Gasteiger partial charge in [0.25, 0.3) is 0 Å². The Bertz CT molecular complexity index is 499. The van der Waals surface area contributed by atoms with E-state index in [2.05, 4.69) is 19.2 Å². The van der Waals surface area contributed by atoms with Gasteiger partial charge in [0.2, 0.25) is 11.8 Å². The summed E-state index contributed by atoms with van der Waals surface area (Å²) in [6, 6.07) is 0. The summed E-state index contributed by atoms with van der Waals surface area (Å²) in [4.78, 5) is 27.0. The lowest BCUT2D eigenvalue weighted by molar-refractivity contribution is -0.137. The van der Waals surface area contributed by atoms with Crippen molar-refractivity contribution in [2.45, 2.75) is 65.2 Å². The molecule has 0 aromatic carbocycles. The molecule has 5 fully saturated rings. The summed E-state index contributed by atoms with van der Waals surface area (Å²) in [5.74, 6) is 3.95. The number of nitrogens with one attached hydrogen (secondary N) is 1. The van der Waals surface area contributed by atoms with E-state index in [0.29, 0.717) is 18.3 Å². The highest BCUT2D eigenvalue weighted by molar-refractivity contribution is 5.85. The molecule has 5 aliphatic rings. The van der Waals surface area contributed by atoms with Crippen LogP contribution in [0.3, 0.4) is 0 Å². The van der Waals surface area contributed by atoms with Gasteiger partial charge >= 0.3 is 0 Å².